The van der Waals surface area contributed by atoms with Gasteiger partial charge >= 0.3 is 0 Å². The van der Waals surface area contributed by atoms with E-state index in [1.165, 1.54) is 6.08 Å². The molecule has 0 spiro atoms. The number of hydrogen-bond acceptors (Lipinski definition) is 4. The van der Waals surface area contributed by atoms with Gasteiger partial charge in [0.05, 0.1) is 6.10 Å². The maximum absolute atomic E-state index is 12.6. The van der Waals surface area contributed by atoms with Crippen molar-refractivity contribution >= 4 is 12.1 Å². The van der Waals surface area contributed by atoms with E-state index in [0.717, 1.165) is 19.3 Å². The number of ketones is 1. The summed E-state index contributed by atoms with van der Waals surface area (Å²) in [6.07, 6.45) is 4.86. The molecule has 3 aliphatic rings. The van der Waals surface area contributed by atoms with Gasteiger partial charge in [0, 0.05) is 17.4 Å². The zero-order valence-electron chi connectivity index (χ0n) is 15.2. The van der Waals surface area contributed by atoms with Crippen molar-refractivity contribution in [3.05, 3.63) is 11.6 Å². The number of carbonyl (C=O) groups excluding carboxylic acids is 2. The Morgan fingerprint density at radius 2 is 1.88 bits per heavy atom. The number of hydrogen-bond donors (Lipinski definition) is 2. The van der Waals surface area contributed by atoms with Crippen LogP contribution in [0.3, 0.4) is 0 Å². The Balaban J connectivity index is 2.08. The predicted octanol–water partition coefficient (Wildman–Crippen LogP) is 2.67. The van der Waals surface area contributed by atoms with Crippen molar-refractivity contribution in [3.8, 4) is 0 Å². The van der Waals surface area contributed by atoms with E-state index in [-0.39, 0.29) is 29.0 Å². The van der Waals surface area contributed by atoms with Crippen molar-refractivity contribution in [3.63, 3.8) is 0 Å². The molecule has 0 radical (unpaired) electrons. The van der Waals surface area contributed by atoms with Crippen molar-refractivity contribution in [2.24, 2.45) is 28.6 Å². The molecule has 0 aromatic rings. The lowest BCUT2D eigenvalue weighted by Crippen LogP contribution is -2.72. The summed E-state index contributed by atoms with van der Waals surface area (Å²) in [4.78, 5) is 23.5. The molecule has 0 aliphatic heterocycles. The average molecular weight is 334 g/mol. The van der Waals surface area contributed by atoms with Gasteiger partial charge in [0.2, 0.25) is 0 Å². The Morgan fingerprint density at radius 1 is 1.21 bits per heavy atom. The third kappa shape index (κ3) is 2.05. The van der Waals surface area contributed by atoms with Crippen LogP contribution in [0.25, 0.3) is 0 Å². The molecule has 0 aromatic heterocycles. The van der Waals surface area contributed by atoms with Crippen LogP contribution in [0.5, 0.6) is 0 Å². The van der Waals surface area contributed by atoms with Crippen LogP contribution in [0.15, 0.2) is 11.6 Å². The minimum absolute atomic E-state index is 0.0270. The first-order valence-corrected chi connectivity index (χ1v) is 9.19. The Labute approximate surface area is 144 Å². The molecule has 4 nitrogen and oxygen atoms in total. The predicted molar refractivity (Wildman–Crippen MR) is 91.2 cm³/mol. The lowest BCUT2D eigenvalue weighted by molar-refractivity contribution is -0.287. The lowest BCUT2D eigenvalue weighted by atomic mass is 9.40. The molecule has 0 bridgehead atoms. The average Bonchev–Trinajstić information content (AvgIpc) is 2.49. The molecular formula is C20H30O4. The molecule has 0 amide bonds. The second-order valence-corrected chi connectivity index (χ2v) is 9.12. The third-order valence-electron chi connectivity index (χ3n) is 7.82. The zero-order chi connectivity index (χ0) is 17.9. The zero-order valence-corrected chi connectivity index (χ0v) is 15.2. The second kappa shape index (κ2) is 5.50. The van der Waals surface area contributed by atoms with Crippen LogP contribution in [0, 0.1) is 28.6 Å². The maximum Gasteiger partial charge on any atom is 0.159 e. The molecule has 3 aliphatic carbocycles. The smallest absolute Gasteiger partial charge is 0.159 e. The molecule has 3 rings (SSSR count). The molecular weight excluding hydrogens is 304 g/mol. The number of allylic oxidation sites excluding steroid dienone is 2. The van der Waals surface area contributed by atoms with Crippen LogP contribution in [0.2, 0.25) is 0 Å². The molecule has 0 heterocycles. The van der Waals surface area contributed by atoms with Gasteiger partial charge in [0.25, 0.3) is 0 Å². The van der Waals surface area contributed by atoms with Crippen LogP contribution < -0.4 is 0 Å². The van der Waals surface area contributed by atoms with Crippen LogP contribution in [0.1, 0.15) is 59.8 Å². The minimum Gasteiger partial charge on any atom is -0.390 e. The molecule has 4 heteroatoms. The fourth-order valence-electron chi connectivity index (χ4n) is 6.47. The van der Waals surface area contributed by atoms with Crippen molar-refractivity contribution in [1.82, 2.24) is 0 Å². The summed E-state index contributed by atoms with van der Waals surface area (Å²) in [7, 11) is 0. The van der Waals surface area contributed by atoms with Gasteiger partial charge in [-0.05, 0) is 48.5 Å². The van der Waals surface area contributed by atoms with Crippen molar-refractivity contribution in [2.75, 3.05) is 0 Å². The van der Waals surface area contributed by atoms with Crippen molar-refractivity contribution in [2.45, 2.75) is 71.5 Å². The molecule has 0 saturated heterocycles. The fraction of sp³-hybridized carbons (Fsp3) is 0.800. The summed E-state index contributed by atoms with van der Waals surface area (Å²) in [6, 6.07) is 0. The highest BCUT2D eigenvalue weighted by atomic mass is 16.3. The number of fused-ring (bicyclic) bond motifs is 3. The molecule has 134 valence electrons. The summed E-state index contributed by atoms with van der Waals surface area (Å²) in [5, 5.41) is 22.7. The van der Waals surface area contributed by atoms with Gasteiger partial charge in [-0.25, -0.2) is 0 Å². The number of aliphatic hydroxyl groups excluding tert-OH is 1. The SMILES string of the molecule is C[C@H]1/C(=C/C=O)C(=O)C[C@H]2[C@H]1C[C@@H](O)[C@@]1(O)C(C)(C)CCC[C@]21C. The van der Waals surface area contributed by atoms with E-state index in [4.69, 9.17) is 0 Å². The van der Waals surface area contributed by atoms with E-state index in [9.17, 15) is 19.8 Å². The van der Waals surface area contributed by atoms with E-state index in [1.807, 2.05) is 20.8 Å². The second-order valence-electron chi connectivity index (χ2n) is 9.12. The Bertz CT molecular complexity index is 592. The van der Waals surface area contributed by atoms with Gasteiger partial charge in [-0.1, -0.05) is 34.1 Å². The largest absolute Gasteiger partial charge is 0.390 e. The van der Waals surface area contributed by atoms with E-state index in [0.29, 0.717) is 24.7 Å². The van der Waals surface area contributed by atoms with Crippen LogP contribution in [-0.4, -0.2) is 34.0 Å². The Morgan fingerprint density at radius 3 is 2.50 bits per heavy atom. The van der Waals surface area contributed by atoms with Gasteiger partial charge < -0.3 is 10.2 Å². The van der Waals surface area contributed by atoms with E-state index < -0.39 is 17.1 Å². The lowest BCUT2D eigenvalue weighted by Gasteiger charge is -2.67. The Hall–Kier alpha value is -1.00. The summed E-state index contributed by atoms with van der Waals surface area (Å²) in [5.74, 6) is 0.154. The third-order valence-corrected chi connectivity index (χ3v) is 7.82. The Kier molecular flexibility index (Phi) is 4.08. The fourth-order valence-corrected chi connectivity index (χ4v) is 6.47. The molecule has 0 unspecified atom stereocenters. The van der Waals surface area contributed by atoms with Crippen molar-refractivity contribution < 1.29 is 19.8 Å². The molecule has 3 fully saturated rings. The van der Waals surface area contributed by atoms with Gasteiger partial charge in [-0.2, -0.15) is 0 Å². The summed E-state index contributed by atoms with van der Waals surface area (Å²) >= 11 is 0. The minimum atomic E-state index is -1.18. The molecule has 2 N–H and O–H groups in total. The number of aldehydes is 1. The summed E-state index contributed by atoms with van der Waals surface area (Å²) in [5.41, 5.74) is -1.45. The first-order valence-electron chi connectivity index (χ1n) is 9.19. The van der Waals surface area contributed by atoms with E-state index >= 15 is 0 Å². The van der Waals surface area contributed by atoms with E-state index in [2.05, 4.69) is 6.92 Å². The van der Waals surface area contributed by atoms with Crippen molar-refractivity contribution in [1.29, 1.82) is 0 Å². The first-order chi connectivity index (χ1) is 11.1. The van der Waals surface area contributed by atoms with Gasteiger partial charge in [0.1, 0.15) is 11.9 Å². The standard InChI is InChI=1S/C20H30O4/c1-12-13(6-9-21)16(22)11-15-14(12)10-17(23)20(24)18(2,3)7-5-8-19(15,20)4/h6,9,12,14-15,17,23-24H,5,7-8,10-11H2,1-4H3/b13-6-/t12-,14-,15-,17+,19+,20+/m0/s1. The monoisotopic (exact) mass is 334 g/mol. The highest BCUT2D eigenvalue weighted by molar-refractivity contribution is 5.99. The summed E-state index contributed by atoms with van der Waals surface area (Å²) in [6.45, 7) is 8.14. The topological polar surface area (TPSA) is 74.6 Å². The highest BCUT2D eigenvalue weighted by Crippen LogP contribution is 2.66. The number of aliphatic hydroxyl groups is 2. The van der Waals surface area contributed by atoms with Gasteiger partial charge in [-0.3, -0.25) is 9.59 Å². The number of carbonyl (C=O) groups is 2. The quantitative estimate of drug-likeness (QED) is 0.571. The molecule has 24 heavy (non-hydrogen) atoms. The normalized spacial score (nSPS) is 49.4. The molecule has 3 saturated carbocycles. The first kappa shape index (κ1) is 17.8. The number of Topliss-reactive ketones (excluding diaryl/α,β-unsaturated/α-hetero) is 1. The van der Waals surface area contributed by atoms with Gasteiger partial charge in [0.15, 0.2) is 5.78 Å². The molecule has 6 atom stereocenters. The van der Waals surface area contributed by atoms with E-state index in [1.54, 1.807) is 0 Å². The highest BCUT2D eigenvalue weighted by Gasteiger charge is 2.69. The maximum atomic E-state index is 12.6. The number of rotatable bonds is 1. The van der Waals surface area contributed by atoms with Crippen LogP contribution in [0.4, 0.5) is 0 Å². The summed E-state index contributed by atoms with van der Waals surface area (Å²) < 4.78 is 0. The molecule has 0 aromatic carbocycles. The van der Waals surface area contributed by atoms with Crippen LogP contribution >= 0.6 is 0 Å². The van der Waals surface area contributed by atoms with Crippen LogP contribution in [-0.2, 0) is 9.59 Å². The van der Waals surface area contributed by atoms with Gasteiger partial charge in [-0.15, -0.1) is 0 Å².